The molecular weight excluding hydrogens is 250 g/mol. The molecule has 0 spiro atoms. The van der Waals surface area contributed by atoms with Gasteiger partial charge in [0.15, 0.2) is 6.29 Å². The Morgan fingerprint density at radius 3 is 2.28 bits per heavy atom. The molecule has 18 heavy (non-hydrogen) atoms. The summed E-state index contributed by atoms with van der Waals surface area (Å²) in [6.07, 6.45) is -6.29. The minimum atomic E-state index is -1.48. The lowest BCUT2D eigenvalue weighted by molar-refractivity contribution is -0.315. The molecule has 6 N–H and O–H groups in total. The highest BCUT2D eigenvalue weighted by Crippen LogP contribution is 2.21. The third-order valence-corrected chi connectivity index (χ3v) is 2.63. The number of hydrogen-bond donors (Lipinski definition) is 6. The molecule has 0 saturated carbocycles. The lowest BCUT2D eigenvalue weighted by Gasteiger charge is -2.39. The van der Waals surface area contributed by atoms with E-state index in [1.807, 2.05) is 0 Å². The summed E-state index contributed by atoms with van der Waals surface area (Å²) < 4.78 is 10.2. The normalized spacial score (nSPS) is 37.2. The lowest BCUT2D eigenvalue weighted by Crippen LogP contribution is -2.59. The summed E-state index contributed by atoms with van der Waals surface area (Å²) in [7, 11) is 0. The van der Waals surface area contributed by atoms with Gasteiger partial charge in [-0.2, -0.15) is 0 Å². The number of aliphatic hydroxyl groups excluding tert-OH is 4. The van der Waals surface area contributed by atoms with Gasteiger partial charge in [0.25, 0.3) is 0 Å². The average Bonchev–Trinajstić information content (AvgIpc) is 2.34. The van der Waals surface area contributed by atoms with Gasteiger partial charge in [0, 0.05) is 0 Å². The van der Waals surface area contributed by atoms with Gasteiger partial charge in [-0.05, 0) is 6.42 Å². The molecule has 0 aromatic rings. The summed E-state index contributed by atoms with van der Waals surface area (Å²) in [5.41, 5.74) is 0. The van der Waals surface area contributed by atoms with Crippen LogP contribution in [0.1, 0.15) is 6.42 Å². The molecule has 1 rings (SSSR count). The van der Waals surface area contributed by atoms with E-state index in [1.54, 1.807) is 0 Å². The minimum Gasteiger partial charge on any atom is -0.394 e. The van der Waals surface area contributed by atoms with Gasteiger partial charge < -0.3 is 29.9 Å². The topological polar surface area (TPSA) is 143 Å². The monoisotopic (exact) mass is 269 g/mol. The van der Waals surface area contributed by atoms with Crippen molar-refractivity contribution in [1.82, 2.24) is 5.23 Å². The Kier molecular flexibility index (Phi) is 6.35. The fraction of sp³-hybridized carbons (Fsp3) is 1.00. The Morgan fingerprint density at radius 2 is 1.72 bits per heavy atom. The molecule has 9 heteroatoms. The van der Waals surface area contributed by atoms with Crippen molar-refractivity contribution in [1.29, 1.82) is 0 Å². The van der Waals surface area contributed by atoms with E-state index in [0.29, 0.717) is 0 Å². The van der Waals surface area contributed by atoms with E-state index in [0.717, 1.165) is 0 Å². The Morgan fingerprint density at radius 1 is 1.06 bits per heavy atom. The smallest absolute Gasteiger partial charge is 0.186 e. The van der Waals surface area contributed by atoms with E-state index < -0.39 is 37.3 Å². The molecule has 0 unspecified atom stereocenters. The van der Waals surface area contributed by atoms with Crippen LogP contribution in [0.25, 0.3) is 0 Å². The van der Waals surface area contributed by atoms with Crippen LogP contribution in [0, 0.1) is 0 Å². The van der Waals surface area contributed by atoms with Crippen LogP contribution in [0.2, 0.25) is 0 Å². The van der Waals surface area contributed by atoms with Crippen LogP contribution in [0.3, 0.4) is 0 Å². The van der Waals surface area contributed by atoms with Crippen LogP contribution in [0.5, 0.6) is 0 Å². The predicted octanol–water partition coefficient (Wildman–Crippen LogP) is -2.73. The Balaban J connectivity index is 2.39. The SMILES string of the molecule is OC[C@H]1O[C@@H](OCCCN(O)O)[C@H](O)[C@@H](O)[C@@H]1O. The summed E-state index contributed by atoms with van der Waals surface area (Å²) in [6.45, 7) is -0.538. The minimum absolute atomic E-state index is 0.00333. The first-order chi connectivity index (χ1) is 8.47. The van der Waals surface area contributed by atoms with E-state index in [9.17, 15) is 15.3 Å². The van der Waals surface area contributed by atoms with E-state index in [1.165, 1.54) is 0 Å². The number of rotatable bonds is 6. The fourth-order valence-electron chi connectivity index (χ4n) is 1.61. The molecule has 0 amide bonds. The van der Waals surface area contributed by atoms with E-state index in [-0.39, 0.29) is 24.8 Å². The van der Waals surface area contributed by atoms with Crippen molar-refractivity contribution in [3.63, 3.8) is 0 Å². The zero-order chi connectivity index (χ0) is 13.7. The third kappa shape index (κ3) is 4.09. The molecule has 1 heterocycles. The maximum Gasteiger partial charge on any atom is 0.186 e. The number of nitrogens with zero attached hydrogens (tertiary/aromatic N) is 1. The first kappa shape index (κ1) is 15.7. The molecule has 1 fully saturated rings. The molecule has 0 radical (unpaired) electrons. The summed E-state index contributed by atoms with van der Waals surface area (Å²) in [4.78, 5) is 0. The van der Waals surface area contributed by atoms with Crippen molar-refractivity contribution in [3.8, 4) is 0 Å². The van der Waals surface area contributed by atoms with Crippen LogP contribution in [0.4, 0.5) is 0 Å². The lowest BCUT2D eigenvalue weighted by atomic mass is 9.99. The zero-order valence-corrected chi connectivity index (χ0v) is 9.66. The highest BCUT2D eigenvalue weighted by atomic mass is 16.8. The summed E-state index contributed by atoms with van der Waals surface area (Å²) >= 11 is 0. The molecule has 1 saturated heterocycles. The number of aliphatic hydroxyl groups is 4. The van der Waals surface area contributed by atoms with Gasteiger partial charge in [-0.25, -0.2) is 0 Å². The summed E-state index contributed by atoms with van der Waals surface area (Å²) in [5.74, 6) is 0. The Hall–Kier alpha value is -0.360. The van der Waals surface area contributed by atoms with E-state index >= 15 is 0 Å². The van der Waals surface area contributed by atoms with Gasteiger partial charge in [-0.3, -0.25) is 10.4 Å². The molecule has 1 aliphatic rings. The molecule has 108 valence electrons. The standard InChI is InChI=1S/C9H19NO8/c11-4-5-6(12)7(13)8(14)9(18-5)17-3-1-2-10(15)16/h5-9,11-16H,1-4H2/t5-,6-,7+,8-,9-/m1/s1. The van der Waals surface area contributed by atoms with Crippen molar-refractivity contribution in [2.75, 3.05) is 19.8 Å². The van der Waals surface area contributed by atoms with Crippen LogP contribution < -0.4 is 0 Å². The van der Waals surface area contributed by atoms with Crippen molar-refractivity contribution < 1.29 is 40.3 Å². The van der Waals surface area contributed by atoms with Gasteiger partial charge in [0.05, 0.1) is 19.8 Å². The molecule has 0 aromatic heterocycles. The van der Waals surface area contributed by atoms with E-state index in [4.69, 9.17) is 25.0 Å². The Labute approximate surface area is 103 Å². The number of hydroxylamine groups is 2. The first-order valence-corrected chi connectivity index (χ1v) is 5.54. The second-order valence-electron chi connectivity index (χ2n) is 4.02. The fourth-order valence-corrected chi connectivity index (χ4v) is 1.61. The van der Waals surface area contributed by atoms with E-state index in [2.05, 4.69) is 0 Å². The molecule has 0 bridgehead atoms. The molecule has 9 nitrogen and oxygen atoms in total. The molecule has 1 aliphatic heterocycles. The van der Waals surface area contributed by atoms with Crippen molar-refractivity contribution >= 4 is 0 Å². The van der Waals surface area contributed by atoms with Crippen LogP contribution in [0.15, 0.2) is 0 Å². The molecular formula is C9H19NO8. The van der Waals surface area contributed by atoms with Gasteiger partial charge in [0.1, 0.15) is 24.4 Å². The van der Waals surface area contributed by atoms with Crippen LogP contribution in [-0.4, -0.2) is 86.5 Å². The largest absolute Gasteiger partial charge is 0.394 e. The molecule has 0 aliphatic carbocycles. The highest BCUT2D eigenvalue weighted by molar-refractivity contribution is 4.88. The predicted molar refractivity (Wildman–Crippen MR) is 54.6 cm³/mol. The molecule has 0 aromatic carbocycles. The second kappa shape index (κ2) is 7.28. The highest BCUT2D eigenvalue weighted by Gasteiger charge is 2.43. The number of hydrogen-bond acceptors (Lipinski definition) is 9. The first-order valence-electron chi connectivity index (χ1n) is 5.54. The summed E-state index contributed by atoms with van der Waals surface area (Å²) in [5, 5.41) is 54.3. The Bertz CT molecular complexity index is 239. The molecule has 5 atom stereocenters. The van der Waals surface area contributed by atoms with Gasteiger partial charge in [-0.1, -0.05) is 5.23 Å². The average molecular weight is 269 g/mol. The zero-order valence-electron chi connectivity index (χ0n) is 9.66. The van der Waals surface area contributed by atoms with Crippen molar-refractivity contribution in [2.45, 2.75) is 37.1 Å². The quantitative estimate of drug-likeness (QED) is 0.224. The van der Waals surface area contributed by atoms with Crippen LogP contribution >= 0.6 is 0 Å². The van der Waals surface area contributed by atoms with Gasteiger partial charge >= 0.3 is 0 Å². The van der Waals surface area contributed by atoms with Crippen molar-refractivity contribution in [2.24, 2.45) is 0 Å². The van der Waals surface area contributed by atoms with Crippen molar-refractivity contribution in [3.05, 3.63) is 0 Å². The second-order valence-corrected chi connectivity index (χ2v) is 4.02. The maximum atomic E-state index is 9.58. The van der Waals surface area contributed by atoms with Crippen LogP contribution in [-0.2, 0) is 9.47 Å². The third-order valence-electron chi connectivity index (χ3n) is 2.63. The number of ether oxygens (including phenoxy) is 2. The maximum absolute atomic E-state index is 9.58. The van der Waals surface area contributed by atoms with Gasteiger partial charge in [-0.15, -0.1) is 0 Å². The summed E-state index contributed by atoms with van der Waals surface area (Å²) in [6, 6.07) is 0. The van der Waals surface area contributed by atoms with Gasteiger partial charge in [0.2, 0.25) is 0 Å².